The van der Waals surface area contributed by atoms with Gasteiger partial charge in [-0.2, -0.15) is 0 Å². The fourth-order valence-electron chi connectivity index (χ4n) is 1.59. The third kappa shape index (κ3) is 4.78. The van der Waals surface area contributed by atoms with Crippen LogP contribution in [0.5, 0.6) is 5.75 Å². The average Bonchev–Trinajstić information content (AvgIpc) is 2.37. The second-order valence-corrected chi connectivity index (χ2v) is 5.86. The minimum atomic E-state index is 0.0792. The Morgan fingerprint density at radius 2 is 2.11 bits per heavy atom. The predicted octanol–water partition coefficient (Wildman–Crippen LogP) is 2.79. The normalized spacial score (nSPS) is 10.4. The Labute approximate surface area is 130 Å². The van der Waals surface area contributed by atoms with Crippen molar-refractivity contribution in [2.75, 3.05) is 27.2 Å². The molecule has 1 rings (SSSR count). The van der Waals surface area contributed by atoms with E-state index < -0.39 is 0 Å². The van der Waals surface area contributed by atoms with Crippen LogP contribution < -0.4 is 10.1 Å². The van der Waals surface area contributed by atoms with E-state index in [1.54, 1.807) is 19.1 Å². The van der Waals surface area contributed by atoms with Crippen molar-refractivity contribution in [3.8, 4) is 5.75 Å². The van der Waals surface area contributed by atoms with E-state index >= 15 is 0 Å². The van der Waals surface area contributed by atoms with E-state index in [1.165, 1.54) is 0 Å². The summed E-state index contributed by atoms with van der Waals surface area (Å²) in [5, 5.41) is 3.13. The van der Waals surface area contributed by atoms with Crippen molar-refractivity contribution < 1.29 is 9.53 Å². The Balaban J connectivity index is 2.65. The van der Waals surface area contributed by atoms with Crippen LogP contribution in [0.25, 0.3) is 0 Å². The Kier molecular flexibility index (Phi) is 6.82. The predicted molar refractivity (Wildman–Crippen MR) is 83.4 cm³/mol. The largest absolute Gasteiger partial charge is 0.495 e. The topological polar surface area (TPSA) is 41.6 Å². The van der Waals surface area contributed by atoms with Crippen molar-refractivity contribution in [3.63, 3.8) is 0 Å². The summed E-state index contributed by atoms with van der Waals surface area (Å²) in [4.78, 5) is 13.3. The van der Waals surface area contributed by atoms with Crippen LogP contribution in [0.4, 0.5) is 0 Å². The summed E-state index contributed by atoms with van der Waals surface area (Å²) in [7, 11) is 3.42. The molecule has 19 heavy (non-hydrogen) atoms. The van der Waals surface area contributed by atoms with Gasteiger partial charge in [-0.25, -0.2) is 0 Å². The van der Waals surface area contributed by atoms with Gasteiger partial charge in [0.05, 0.1) is 18.1 Å². The summed E-state index contributed by atoms with van der Waals surface area (Å²) in [6.07, 6.45) is 0. The number of nitrogens with one attached hydrogen (secondary N) is 1. The summed E-state index contributed by atoms with van der Waals surface area (Å²) in [5.41, 5.74) is 0.996. The molecule has 0 saturated carbocycles. The first kappa shape index (κ1) is 16.5. The number of hydrogen-bond acceptors (Lipinski definition) is 3. The van der Waals surface area contributed by atoms with Gasteiger partial charge in [0.15, 0.2) is 0 Å². The average molecular weight is 394 g/mol. The number of methoxy groups -OCH3 is 1. The molecular weight excluding hydrogens is 376 g/mol. The number of carbonyl (C=O) groups is 1. The number of amides is 1. The minimum absolute atomic E-state index is 0.0792. The number of nitrogens with zero attached hydrogens (tertiary/aromatic N) is 1. The maximum atomic E-state index is 11.7. The molecule has 0 bridgehead atoms. The first-order valence-electron chi connectivity index (χ1n) is 5.96. The maximum Gasteiger partial charge on any atom is 0.236 e. The van der Waals surface area contributed by atoms with Crippen molar-refractivity contribution in [1.82, 2.24) is 10.2 Å². The first-order valence-corrected chi connectivity index (χ1v) is 7.54. The lowest BCUT2D eigenvalue weighted by Crippen LogP contribution is -2.35. The molecule has 0 spiro atoms. The molecule has 0 aromatic heterocycles. The van der Waals surface area contributed by atoms with Crippen LogP contribution in [-0.4, -0.2) is 38.1 Å². The summed E-state index contributed by atoms with van der Waals surface area (Å²) in [6, 6.07) is 3.91. The van der Waals surface area contributed by atoms with Crippen LogP contribution in [0.3, 0.4) is 0 Å². The fraction of sp³-hybridized carbons (Fsp3) is 0.462. The summed E-state index contributed by atoms with van der Waals surface area (Å²) < 4.78 is 7.21. The molecule has 0 aliphatic heterocycles. The zero-order valence-corrected chi connectivity index (χ0v) is 14.5. The molecule has 1 aromatic rings. The van der Waals surface area contributed by atoms with Crippen molar-refractivity contribution >= 4 is 37.8 Å². The van der Waals surface area contributed by atoms with Crippen LogP contribution in [0.1, 0.15) is 12.5 Å². The van der Waals surface area contributed by atoms with Gasteiger partial charge in [0.25, 0.3) is 0 Å². The molecule has 0 aliphatic rings. The van der Waals surface area contributed by atoms with E-state index in [0.29, 0.717) is 19.6 Å². The highest BCUT2D eigenvalue weighted by molar-refractivity contribution is 9.11. The van der Waals surface area contributed by atoms with Gasteiger partial charge in [0.1, 0.15) is 5.75 Å². The molecule has 0 unspecified atom stereocenters. The van der Waals surface area contributed by atoms with Gasteiger partial charge in [-0.1, -0.05) is 15.9 Å². The lowest BCUT2D eigenvalue weighted by Gasteiger charge is -2.16. The number of rotatable bonds is 6. The van der Waals surface area contributed by atoms with Crippen LogP contribution in [0, 0.1) is 0 Å². The summed E-state index contributed by atoms with van der Waals surface area (Å²) in [6.45, 7) is 3.56. The summed E-state index contributed by atoms with van der Waals surface area (Å²) in [5.74, 6) is 0.863. The molecule has 4 nitrogen and oxygen atoms in total. The lowest BCUT2D eigenvalue weighted by atomic mass is 10.2. The van der Waals surface area contributed by atoms with Gasteiger partial charge in [0, 0.05) is 30.2 Å². The standard InChI is InChI=1S/C13H18Br2N2O2/c1-4-17(2)12(18)8-16-7-9-5-10(14)6-11(15)13(9)19-3/h5-6,16H,4,7-8H2,1-3H3. The van der Waals surface area contributed by atoms with Crippen molar-refractivity contribution in [3.05, 3.63) is 26.6 Å². The second-order valence-electron chi connectivity index (χ2n) is 4.09. The highest BCUT2D eigenvalue weighted by atomic mass is 79.9. The third-order valence-corrected chi connectivity index (χ3v) is 3.83. The molecule has 0 fully saturated rings. The quantitative estimate of drug-likeness (QED) is 0.807. The van der Waals surface area contributed by atoms with Crippen molar-refractivity contribution in [1.29, 1.82) is 0 Å². The highest BCUT2D eigenvalue weighted by Crippen LogP contribution is 2.32. The number of hydrogen-bond donors (Lipinski definition) is 1. The van der Waals surface area contributed by atoms with E-state index in [1.807, 2.05) is 19.1 Å². The molecule has 1 amide bonds. The van der Waals surface area contributed by atoms with E-state index in [-0.39, 0.29) is 5.91 Å². The van der Waals surface area contributed by atoms with E-state index in [4.69, 9.17) is 4.74 Å². The van der Waals surface area contributed by atoms with Gasteiger partial charge >= 0.3 is 0 Å². The SMILES string of the molecule is CCN(C)C(=O)CNCc1cc(Br)cc(Br)c1OC. The Hall–Kier alpha value is -0.590. The molecule has 0 aliphatic carbocycles. The van der Waals surface area contributed by atoms with Gasteiger partial charge in [-0.05, 0) is 35.0 Å². The molecule has 1 aromatic carbocycles. The number of benzene rings is 1. The Morgan fingerprint density at radius 3 is 2.68 bits per heavy atom. The third-order valence-electron chi connectivity index (χ3n) is 2.78. The number of halogens is 2. The lowest BCUT2D eigenvalue weighted by molar-refractivity contribution is -0.128. The van der Waals surface area contributed by atoms with E-state index in [9.17, 15) is 4.79 Å². The van der Waals surface area contributed by atoms with Crippen molar-refractivity contribution in [2.45, 2.75) is 13.5 Å². The maximum absolute atomic E-state index is 11.7. The van der Waals surface area contributed by atoms with Gasteiger partial charge in [0.2, 0.25) is 5.91 Å². The molecule has 106 valence electrons. The first-order chi connectivity index (χ1) is 8.99. The number of likely N-dealkylation sites (N-methyl/N-ethyl adjacent to an activating group) is 1. The van der Waals surface area contributed by atoms with Crippen LogP contribution in [0.15, 0.2) is 21.1 Å². The molecule has 1 N–H and O–H groups in total. The van der Waals surface area contributed by atoms with Crippen LogP contribution >= 0.6 is 31.9 Å². The van der Waals surface area contributed by atoms with Gasteiger partial charge in [-0.3, -0.25) is 4.79 Å². The Morgan fingerprint density at radius 1 is 1.42 bits per heavy atom. The number of ether oxygens (including phenoxy) is 1. The zero-order valence-electron chi connectivity index (χ0n) is 11.3. The monoisotopic (exact) mass is 392 g/mol. The molecule has 0 heterocycles. The molecular formula is C13H18Br2N2O2. The minimum Gasteiger partial charge on any atom is -0.495 e. The highest BCUT2D eigenvalue weighted by Gasteiger charge is 2.10. The van der Waals surface area contributed by atoms with Gasteiger partial charge < -0.3 is 15.0 Å². The fourth-order valence-corrected chi connectivity index (χ4v) is 3.06. The molecule has 0 radical (unpaired) electrons. The number of carbonyl (C=O) groups excluding carboxylic acids is 1. The molecule has 0 saturated heterocycles. The second kappa shape index (κ2) is 7.87. The van der Waals surface area contributed by atoms with E-state index in [2.05, 4.69) is 37.2 Å². The molecule has 0 atom stereocenters. The van der Waals surface area contributed by atoms with Crippen molar-refractivity contribution in [2.24, 2.45) is 0 Å². The van der Waals surface area contributed by atoms with Crippen LogP contribution in [-0.2, 0) is 11.3 Å². The molecule has 6 heteroatoms. The van der Waals surface area contributed by atoms with Gasteiger partial charge in [-0.15, -0.1) is 0 Å². The summed E-state index contributed by atoms with van der Waals surface area (Å²) >= 11 is 6.90. The van der Waals surface area contributed by atoms with Crippen LogP contribution in [0.2, 0.25) is 0 Å². The van der Waals surface area contributed by atoms with E-state index in [0.717, 1.165) is 20.3 Å². The smallest absolute Gasteiger partial charge is 0.236 e. The Bertz CT molecular complexity index is 453. The zero-order chi connectivity index (χ0) is 14.4.